The van der Waals surface area contributed by atoms with Crippen molar-refractivity contribution in [3.8, 4) is 0 Å². The van der Waals surface area contributed by atoms with Gasteiger partial charge in [-0.15, -0.1) is 0 Å². The molecule has 1 aliphatic heterocycles. The molecule has 2 rings (SSSR count). The van der Waals surface area contributed by atoms with Crippen molar-refractivity contribution in [2.45, 2.75) is 12.3 Å². The molecule has 4 heteroatoms. The molecule has 0 spiro atoms. The van der Waals surface area contributed by atoms with E-state index >= 15 is 0 Å². The third-order valence-corrected chi connectivity index (χ3v) is 3.40. The molecule has 1 atom stereocenters. The molecule has 4 nitrogen and oxygen atoms in total. The number of hydrogen-bond acceptors (Lipinski definition) is 3. The van der Waals surface area contributed by atoms with Gasteiger partial charge in [0.25, 0.3) is 0 Å². The number of hydrogen-bond donors (Lipinski definition) is 1. The Morgan fingerprint density at radius 1 is 1.39 bits per heavy atom. The maximum atomic E-state index is 12.0. The average molecular weight is 247 g/mol. The number of carbonyl (C=O) groups excluding carboxylic acids is 1. The van der Waals surface area contributed by atoms with E-state index in [-0.39, 0.29) is 5.91 Å². The van der Waals surface area contributed by atoms with E-state index in [2.05, 4.69) is 12.1 Å². The Hall–Kier alpha value is -1.55. The summed E-state index contributed by atoms with van der Waals surface area (Å²) < 4.78 is 0. The van der Waals surface area contributed by atoms with Gasteiger partial charge in [0.1, 0.15) is 0 Å². The van der Waals surface area contributed by atoms with Crippen molar-refractivity contribution < 1.29 is 4.79 Å². The Balaban J connectivity index is 1.96. The summed E-state index contributed by atoms with van der Waals surface area (Å²) in [5.74, 6) is 0.676. The Morgan fingerprint density at radius 3 is 2.67 bits per heavy atom. The number of benzene rings is 1. The molecule has 1 saturated heterocycles. The number of likely N-dealkylation sites (tertiary alicyclic amines) is 1. The zero-order valence-corrected chi connectivity index (χ0v) is 11.1. The molecule has 0 aliphatic carbocycles. The van der Waals surface area contributed by atoms with Gasteiger partial charge in [-0.25, -0.2) is 0 Å². The van der Waals surface area contributed by atoms with Gasteiger partial charge in [0.05, 0.1) is 6.54 Å². The fourth-order valence-electron chi connectivity index (χ4n) is 2.40. The Kier molecular flexibility index (Phi) is 3.87. The van der Waals surface area contributed by atoms with E-state index in [1.54, 1.807) is 0 Å². The molecule has 18 heavy (non-hydrogen) atoms. The quantitative estimate of drug-likeness (QED) is 0.815. The SMILES string of the molecule is CN(C)CC(=O)N1CCC(c2ccc(N)cc2)C1. The first kappa shape index (κ1) is 12.9. The number of carbonyl (C=O) groups is 1. The Labute approximate surface area is 108 Å². The predicted molar refractivity (Wildman–Crippen MR) is 73.3 cm³/mol. The molecule has 98 valence electrons. The Bertz CT molecular complexity index is 414. The average Bonchev–Trinajstić information content (AvgIpc) is 2.78. The van der Waals surface area contributed by atoms with E-state index in [1.807, 2.05) is 36.0 Å². The van der Waals surface area contributed by atoms with Crippen LogP contribution in [0.15, 0.2) is 24.3 Å². The summed E-state index contributed by atoms with van der Waals surface area (Å²) >= 11 is 0. The lowest BCUT2D eigenvalue weighted by Gasteiger charge is -2.19. The van der Waals surface area contributed by atoms with Crippen LogP contribution in [0.3, 0.4) is 0 Å². The van der Waals surface area contributed by atoms with Gasteiger partial charge in [0, 0.05) is 24.7 Å². The molecule has 1 aromatic carbocycles. The first-order valence-electron chi connectivity index (χ1n) is 6.34. The fourth-order valence-corrected chi connectivity index (χ4v) is 2.40. The Morgan fingerprint density at radius 2 is 2.06 bits per heavy atom. The summed E-state index contributed by atoms with van der Waals surface area (Å²) in [7, 11) is 3.84. The highest BCUT2D eigenvalue weighted by Crippen LogP contribution is 2.27. The summed E-state index contributed by atoms with van der Waals surface area (Å²) in [6, 6.07) is 8.00. The van der Waals surface area contributed by atoms with Crippen LogP contribution in [0.25, 0.3) is 0 Å². The molecule has 0 bridgehead atoms. The molecule has 0 radical (unpaired) electrons. The number of nitrogen functional groups attached to an aromatic ring is 1. The van der Waals surface area contributed by atoms with Crippen LogP contribution in [-0.2, 0) is 4.79 Å². The summed E-state index contributed by atoms with van der Waals surface area (Å²) in [5, 5.41) is 0. The lowest BCUT2D eigenvalue weighted by molar-refractivity contribution is -0.130. The molecule has 1 heterocycles. The predicted octanol–water partition coefficient (Wildman–Crippen LogP) is 1.15. The second-order valence-electron chi connectivity index (χ2n) is 5.23. The first-order valence-corrected chi connectivity index (χ1v) is 6.34. The van der Waals surface area contributed by atoms with Gasteiger partial charge in [0.2, 0.25) is 5.91 Å². The van der Waals surface area contributed by atoms with Crippen molar-refractivity contribution >= 4 is 11.6 Å². The van der Waals surface area contributed by atoms with Crippen LogP contribution < -0.4 is 5.73 Å². The molecular weight excluding hydrogens is 226 g/mol. The van der Waals surface area contributed by atoms with Gasteiger partial charge in [-0.3, -0.25) is 4.79 Å². The maximum absolute atomic E-state index is 12.0. The highest BCUT2D eigenvalue weighted by atomic mass is 16.2. The van der Waals surface area contributed by atoms with Crippen molar-refractivity contribution in [1.82, 2.24) is 9.80 Å². The number of amides is 1. The molecular formula is C14H21N3O. The van der Waals surface area contributed by atoms with Crippen molar-refractivity contribution in [2.75, 3.05) is 39.5 Å². The van der Waals surface area contributed by atoms with E-state index < -0.39 is 0 Å². The highest BCUT2D eigenvalue weighted by molar-refractivity contribution is 5.78. The van der Waals surface area contributed by atoms with Gasteiger partial charge < -0.3 is 15.5 Å². The number of rotatable bonds is 3. The van der Waals surface area contributed by atoms with Crippen LogP contribution in [0.4, 0.5) is 5.69 Å². The van der Waals surface area contributed by atoms with Gasteiger partial charge in [-0.1, -0.05) is 12.1 Å². The van der Waals surface area contributed by atoms with Crippen LogP contribution in [-0.4, -0.2) is 49.4 Å². The second-order valence-corrected chi connectivity index (χ2v) is 5.23. The zero-order valence-electron chi connectivity index (χ0n) is 11.1. The largest absolute Gasteiger partial charge is 0.399 e. The van der Waals surface area contributed by atoms with Crippen molar-refractivity contribution in [2.24, 2.45) is 0 Å². The molecule has 1 aromatic rings. The van der Waals surface area contributed by atoms with Crippen LogP contribution in [0.5, 0.6) is 0 Å². The summed E-state index contributed by atoms with van der Waals surface area (Å²) in [5.41, 5.74) is 7.76. The lowest BCUT2D eigenvalue weighted by atomic mass is 9.98. The summed E-state index contributed by atoms with van der Waals surface area (Å²) in [4.78, 5) is 15.8. The van der Waals surface area contributed by atoms with Crippen LogP contribution >= 0.6 is 0 Å². The lowest BCUT2D eigenvalue weighted by Crippen LogP contribution is -2.36. The fraction of sp³-hybridized carbons (Fsp3) is 0.500. The minimum atomic E-state index is 0.220. The third kappa shape index (κ3) is 3.01. The number of nitrogens with zero attached hydrogens (tertiary/aromatic N) is 2. The number of anilines is 1. The van der Waals surface area contributed by atoms with E-state index in [0.29, 0.717) is 12.5 Å². The number of likely N-dealkylation sites (N-methyl/N-ethyl adjacent to an activating group) is 1. The van der Waals surface area contributed by atoms with E-state index in [4.69, 9.17) is 5.73 Å². The molecule has 1 aliphatic rings. The molecule has 1 fully saturated rings. The van der Waals surface area contributed by atoms with E-state index in [9.17, 15) is 4.79 Å². The van der Waals surface area contributed by atoms with Gasteiger partial charge in [-0.05, 0) is 38.2 Å². The molecule has 0 aromatic heterocycles. The smallest absolute Gasteiger partial charge is 0.236 e. The first-order chi connectivity index (χ1) is 8.56. The molecule has 1 unspecified atom stereocenters. The third-order valence-electron chi connectivity index (χ3n) is 3.40. The van der Waals surface area contributed by atoms with Gasteiger partial charge in [-0.2, -0.15) is 0 Å². The standard InChI is InChI=1S/C14H21N3O/c1-16(2)10-14(18)17-8-7-12(9-17)11-3-5-13(15)6-4-11/h3-6,12H,7-10,15H2,1-2H3. The van der Waals surface area contributed by atoms with Gasteiger partial charge in [0.15, 0.2) is 0 Å². The van der Waals surface area contributed by atoms with Crippen LogP contribution in [0, 0.1) is 0 Å². The molecule has 0 saturated carbocycles. The second kappa shape index (κ2) is 5.40. The van der Waals surface area contributed by atoms with Crippen LogP contribution in [0.2, 0.25) is 0 Å². The van der Waals surface area contributed by atoms with Gasteiger partial charge >= 0.3 is 0 Å². The highest BCUT2D eigenvalue weighted by Gasteiger charge is 2.27. The van der Waals surface area contributed by atoms with E-state index in [1.165, 1.54) is 5.56 Å². The summed E-state index contributed by atoms with van der Waals surface area (Å²) in [6.07, 6.45) is 1.04. The number of nitrogens with two attached hydrogens (primary N) is 1. The van der Waals surface area contributed by atoms with E-state index in [0.717, 1.165) is 25.2 Å². The topological polar surface area (TPSA) is 49.6 Å². The van der Waals surface area contributed by atoms with Crippen LogP contribution in [0.1, 0.15) is 17.9 Å². The monoisotopic (exact) mass is 247 g/mol. The summed E-state index contributed by atoms with van der Waals surface area (Å²) in [6.45, 7) is 2.19. The van der Waals surface area contributed by atoms with Crippen molar-refractivity contribution in [3.63, 3.8) is 0 Å². The zero-order chi connectivity index (χ0) is 13.1. The van der Waals surface area contributed by atoms with Crippen molar-refractivity contribution in [1.29, 1.82) is 0 Å². The minimum Gasteiger partial charge on any atom is -0.399 e. The minimum absolute atomic E-state index is 0.220. The van der Waals surface area contributed by atoms with Crippen molar-refractivity contribution in [3.05, 3.63) is 29.8 Å². The normalized spacial score (nSPS) is 19.5. The molecule has 2 N–H and O–H groups in total. The maximum Gasteiger partial charge on any atom is 0.236 e. The molecule has 1 amide bonds.